The van der Waals surface area contributed by atoms with Crippen molar-refractivity contribution in [3.05, 3.63) is 98.1 Å². The fourth-order valence-corrected chi connectivity index (χ4v) is 7.30. The number of anilines is 1. The Morgan fingerprint density at radius 1 is 0.977 bits per heavy atom. The quantitative estimate of drug-likeness (QED) is 0.297. The third-order valence-corrected chi connectivity index (χ3v) is 9.66. The highest BCUT2D eigenvalue weighted by molar-refractivity contribution is 6.35. The van der Waals surface area contributed by atoms with Crippen molar-refractivity contribution in [3.8, 4) is 5.69 Å². The summed E-state index contributed by atoms with van der Waals surface area (Å²) in [7, 11) is 0. The number of carbonyl (C=O) groups excluding carboxylic acids is 2. The zero-order chi connectivity index (χ0) is 30.2. The van der Waals surface area contributed by atoms with Crippen molar-refractivity contribution in [2.24, 2.45) is 0 Å². The molecule has 7 nitrogen and oxygen atoms in total. The van der Waals surface area contributed by atoms with Crippen molar-refractivity contribution >= 4 is 40.0 Å². The Hall–Kier alpha value is -4.11. The average molecular weight is 603 g/mol. The van der Waals surface area contributed by atoms with Gasteiger partial charge in [-0.3, -0.25) is 24.3 Å². The Morgan fingerprint density at radius 3 is 2.40 bits per heavy atom. The Kier molecular flexibility index (Phi) is 6.43. The van der Waals surface area contributed by atoms with E-state index < -0.39 is 34.8 Å². The highest BCUT2D eigenvalue weighted by Gasteiger charge is 2.39. The van der Waals surface area contributed by atoms with Gasteiger partial charge in [0.25, 0.3) is 5.56 Å². The number of benzene rings is 3. The largest absolute Gasteiger partial charge is 0.371 e. The van der Waals surface area contributed by atoms with Crippen LogP contribution in [0.3, 0.4) is 0 Å². The lowest BCUT2D eigenvalue weighted by atomic mass is 9.83. The molecule has 0 bridgehead atoms. The van der Waals surface area contributed by atoms with Gasteiger partial charge in [-0.1, -0.05) is 29.8 Å². The summed E-state index contributed by atoms with van der Waals surface area (Å²) in [6.45, 7) is 5.34. The molecule has 1 atom stereocenters. The molecule has 0 aliphatic carbocycles. The lowest BCUT2D eigenvalue weighted by Gasteiger charge is -2.34. The second-order valence-electron chi connectivity index (χ2n) is 12.2. The van der Waals surface area contributed by atoms with E-state index >= 15 is 8.78 Å². The van der Waals surface area contributed by atoms with Gasteiger partial charge >= 0.3 is 0 Å². The zero-order valence-corrected chi connectivity index (χ0v) is 24.5. The van der Waals surface area contributed by atoms with Crippen LogP contribution in [0.5, 0.6) is 0 Å². The molecule has 1 aromatic heterocycles. The molecule has 1 N–H and O–H groups in total. The fourth-order valence-electron chi connectivity index (χ4n) is 7.05. The highest BCUT2D eigenvalue weighted by Crippen LogP contribution is 2.45. The number of nitrogens with one attached hydrogen (secondary N) is 1. The lowest BCUT2D eigenvalue weighted by molar-refractivity contribution is -0.134. The van der Waals surface area contributed by atoms with Crippen molar-refractivity contribution in [2.75, 3.05) is 18.0 Å². The van der Waals surface area contributed by atoms with Gasteiger partial charge in [0.05, 0.1) is 32.9 Å². The average Bonchev–Trinajstić information content (AvgIpc) is 3.19. The first-order chi connectivity index (χ1) is 20.5. The third-order valence-electron chi connectivity index (χ3n) is 9.34. The molecule has 2 saturated heterocycles. The van der Waals surface area contributed by atoms with Gasteiger partial charge in [0.1, 0.15) is 17.5 Å². The molecule has 0 spiro atoms. The summed E-state index contributed by atoms with van der Waals surface area (Å²) in [5.41, 5.74) is 3.29. The van der Waals surface area contributed by atoms with Crippen LogP contribution in [0.25, 0.3) is 16.6 Å². The van der Waals surface area contributed by atoms with E-state index in [9.17, 15) is 14.4 Å². The summed E-state index contributed by atoms with van der Waals surface area (Å²) < 4.78 is 32.4. The van der Waals surface area contributed by atoms with Crippen LogP contribution in [0.4, 0.5) is 14.5 Å². The zero-order valence-electron chi connectivity index (χ0n) is 23.7. The van der Waals surface area contributed by atoms with Crippen LogP contribution in [-0.4, -0.2) is 34.5 Å². The standard InChI is InChI=1S/C33H29ClF2N4O3/c1-33(2)21-8-6-18(14-26(21)40-25-5-3-4-22(34)29(25)31(43)38-32(33)40)17-10-12-39(13-11-17)19-15-23(35)28(24(36)16-19)20-7-9-27(41)37-30(20)42/h3-6,8,14-17,20H,7,9-13H2,1-2H3,(H,37,41,42). The van der Waals surface area contributed by atoms with Crippen LogP contribution in [-0.2, 0) is 15.0 Å². The minimum Gasteiger partial charge on any atom is -0.371 e. The number of hydrogen-bond acceptors (Lipinski definition) is 5. The van der Waals surface area contributed by atoms with E-state index in [0.717, 1.165) is 35.2 Å². The number of rotatable bonds is 3. The van der Waals surface area contributed by atoms with Gasteiger partial charge in [-0.25, -0.2) is 8.78 Å². The van der Waals surface area contributed by atoms with Gasteiger partial charge in [-0.15, -0.1) is 0 Å². The predicted molar refractivity (Wildman–Crippen MR) is 160 cm³/mol. The molecule has 2 amide bonds. The Morgan fingerprint density at radius 2 is 1.70 bits per heavy atom. The molecule has 43 heavy (non-hydrogen) atoms. The van der Waals surface area contributed by atoms with Gasteiger partial charge in [0.15, 0.2) is 0 Å². The molecular formula is C33H29ClF2N4O3. The number of amides is 2. The van der Waals surface area contributed by atoms with E-state index in [1.165, 1.54) is 12.1 Å². The minimum absolute atomic E-state index is 0.0506. The molecule has 4 heterocycles. The Bertz CT molecular complexity index is 1890. The lowest BCUT2D eigenvalue weighted by Crippen LogP contribution is -2.40. The van der Waals surface area contributed by atoms with E-state index in [2.05, 4.69) is 42.3 Å². The van der Waals surface area contributed by atoms with E-state index in [1.807, 2.05) is 21.6 Å². The smallest absolute Gasteiger partial charge is 0.282 e. The number of fused-ring (bicyclic) bond motifs is 5. The summed E-state index contributed by atoms with van der Waals surface area (Å²) in [6.07, 6.45) is 1.69. The molecule has 2 fully saturated rings. The van der Waals surface area contributed by atoms with Gasteiger partial charge in [0.2, 0.25) is 11.8 Å². The molecule has 3 aliphatic rings. The number of piperidine rings is 2. The summed E-state index contributed by atoms with van der Waals surface area (Å²) in [5.74, 6) is -2.75. The van der Waals surface area contributed by atoms with Crippen molar-refractivity contribution in [2.45, 2.75) is 56.8 Å². The summed E-state index contributed by atoms with van der Waals surface area (Å²) in [6, 6.07) is 14.4. The van der Waals surface area contributed by atoms with Gasteiger partial charge in [-0.05, 0) is 80.5 Å². The molecule has 3 aliphatic heterocycles. The third kappa shape index (κ3) is 4.35. The van der Waals surface area contributed by atoms with Crippen LogP contribution in [0.2, 0.25) is 5.02 Å². The van der Waals surface area contributed by atoms with E-state index in [0.29, 0.717) is 35.0 Å². The molecule has 0 radical (unpaired) electrons. The maximum atomic E-state index is 15.2. The number of nitrogens with zero attached hydrogens (tertiary/aromatic N) is 3. The van der Waals surface area contributed by atoms with Crippen molar-refractivity contribution in [1.29, 1.82) is 0 Å². The number of halogens is 3. The molecule has 0 saturated carbocycles. The maximum Gasteiger partial charge on any atom is 0.282 e. The second kappa shape index (κ2) is 9.98. The van der Waals surface area contributed by atoms with Gasteiger partial charge in [-0.2, -0.15) is 4.98 Å². The number of aromatic nitrogens is 2. The SMILES string of the molecule is CC1(C)c2ccc(C3CCN(c4cc(F)c(C5CCC(=O)NC5=O)c(F)c4)CC3)cc2-n2c1nc(=O)c1c(Cl)cccc12. The monoisotopic (exact) mass is 602 g/mol. The molecular weight excluding hydrogens is 574 g/mol. The topological polar surface area (TPSA) is 84.3 Å². The molecule has 3 aromatic carbocycles. The van der Waals surface area contributed by atoms with Crippen molar-refractivity contribution in [3.63, 3.8) is 0 Å². The highest BCUT2D eigenvalue weighted by atomic mass is 35.5. The predicted octanol–water partition coefficient (Wildman–Crippen LogP) is 5.86. The normalized spacial score (nSPS) is 19.8. The first-order valence-corrected chi connectivity index (χ1v) is 14.9. The minimum atomic E-state index is -1.02. The van der Waals surface area contributed by atoms with E-state index in [4.69, 9.17) is 11.6 Å². The Labute approximate surface area is 251 Å². The van der Waals surface area contributed by atoms with Crippen LogP contribution < -0.4 is 15.8 Å². The van der Waals surface area contributed by atoms with Crippen molar-refractivity contribution in [1.82, 2.24) is 14.9 Å². The van der Waals surface area contributed by atoms with Crippen LogP contribution in [0.1, 0.15) is 73.9 Å². The van der Waals surface area contributed by atoms with Gasteiger partial charge in [0, 0.05) is 30.8 Å². The molecule has 220 valence electrons. The summed E-state index contributed by atoms with van der Waals surface area (Å²) >= 11 is 6.42. The van der Waals surface area contributed by atoms with Crippen LogP contribution in [0, 0.1) is 11.6 Å². The van der Waals surface area contributed by atoms with Crippen LogP contribution >= 0.6 is 11.6 Å². The molecule has 4 aromatic rings. The van der Waals surface area contributed by atoms with Gasteiger partial charge < -0.3 is 4.90 Å². The fraction of sp³-hybridized carbons (Fsp3) is 0.333. The number of imide groups is 1. The van der Waals surface area contributed by atoms with E-state index in [-0.39, 0.29) is 29.9 Å². The summed E-state index contributed by atoms with van der Waals surface area (Å²) in [4.78, 5) is 43.1. The second-order valence-corrected chi connectivity index (χ2v) is 12.6. The first kappa shape index (κ1) is 27.7. The molecule has 1 unspecified atom stereocenters. The van der Waals surface area contributed by atoms with Crippen LogP contribution in [0.15, 0.2) is 53.3 Å². The maximum absolute atomic E-state index is 15.2. The molecule has 7 rings (SSSR count). The van der Waals surface area contributed by atoms with E-state index in [1.54, 1.807) is 6.07 Å². The van der Waals surface area contributed by atoms with Crippen molar-refractivity contribution < 1.29 is 18.4 Å². The Balaban J connectivity index is 1.15. The first-order valence-electron chi connectivity index (χ1n) is 14.5. The number of hydrogen-bond donors (Lipinski definition) is 1. The summed E-state index contributed by atoms with van der Waals surface area (Å²) in [5, 5.41) is 2.95. The molecule has 10 heteroatoms. The number of carbonyl (C=O) groups is 2.